The molecule has 1 aromatic heterocycles. The van der Waals surface area contributed by atoms with Gasteiger partial charge in [0.15, 0.2) is 0 Å². The highest BCUT2D eigenvalue weighted by Gasteiger charge is 2.20. The summed E-state index contributed by atoms with van der Waals surface area (Å²) in [6.07, 6.45) is 2.64. The first-order chi connectivity index (χ1) is 10.6. The fourth-order valence-electron chi connectivity index (χ4n) is 2.59. The van der Waals surface area contributed by atoms with E-state index < -0.39 is 6.09 Å². The van der Waals surface area contributed by atoms with Crippen molar-refractivity contribution in [3.05, 3.63) is 12.1 Å². The fourth-order valence-corrected chi connectivity index (χ4v) is 2.59. The average molecular weight is 313 g/mol. The molecule has 8 nitrogen and oxygen atoms in total. The standard InChI is InChI=1S/C14H23N3O5/c18-10-2-8-16-7-1-3-11(6-9-16)15-14(21)22-17-12(19)4-5-13(17)20/h4-5,11,18-20H,1-3,6-10H2,(H,15,21)/t11-/m0/s1. The molecule has 2 rings (SSSR count). The van der Waals surface area contributed by atoms with Crippen LogP contribution >= 0.6 is 0 Å². The second kappa shape index (κ2) is 7.90. The zero-order valence-corrected chi connectivity index (χ0v) is 12.4. The average Bonchev–Trinajstić information content (AvgIpc) is 2.69. The van der Waals surface area contributed by atoms with Gasteiger partial charge in [0.05, 0.1) is 0 Å². The lowest BCUT2D eigenvalue weighted by Gasteiger charge is -2.19. The van der Waals surface area contributed by atoms with Gasteiger partial charge >= 0.3 is 6.09 Å². The molecule has 1 fully saturated rings. The number of aliphatic hydroxyl groups excluding tert-OH is 1. The van der Waals surface area contributed by atoms with E-state index in [1.807, 2.05) is 0 Å². The van der Waals surface area contributed by atoms with Crippen LogP contribution in [0.2, 0.25) is 0 Å². The third-order valence-electron chi connectivity index (χ3n) is 3.75. The predicted molar refractivity (Wildman–Crippen MR) is 78.7 cm³/mol. The van der Waals surface area contributed by atoms with Crippen molar-refractivity contribution >= 4 is 6.09 Å². The summed E-state index contributed by atoms with van der Waals surface area (Å²) in [7, 11) is 0. The van der Waals surface area contributed by atoms with Gasteiger partial charge < -0.3 is 30.4 Å². The Kier molecular flexibility index (Phi) is 5.91. The molecule has 1 saturated heterocycles. The van der Waals surface area contributed by atoms with Gasteiger partial charge in [-0.05, 0) is 32.2 Å². The summed E-state index contributed by atoms with van der Waals surface area (Å²) in [5.41, 5.74) is 0. The van der Waals surface area contributed by atoms with Crippen molar-refractivity contribution in [2.75, 3.05) is 26.2 Å². The van der Waals surface area contributed by atoms with E-state index in [1.165, 1.54) is 12.1 Å². The molecule has 0 bridgehead atoms. The Morgan fingerprint density at radius 3 is 2.68 bits per heavy atom. The molecule has 4 N–H and O–H groups in total. The highest BCUT2D eigenvalue weighted by Crippen LogP contribution is 2.18. The van der Waals surface area contributed by atoms with Crippen LogP contribution in [0.5, 0.6) is 11.8 Å². The SMILES string of the molecule is O=C(N[C@H]1CCCN(CCCO)CC1)On1c(O)ccc1O. The van der Waals surface area contributed by atoms with Gasteiger partial charge in [-0.2, -0.15) is 0 Å². The third-order valence-corrected chi connectivity index (χ3v) is 3.75. The van der Waals surface area contributed by atoms with Gasteiger partial charge in [-0.25, -0.2) is 4.79 Å². The summed E-state index contributed by atoms with van der Waals surface area (Å²) >= 11 is 0. The normalized spacial score (nSPS) is 19.6. The molecule has 2 heterocycles. The van der Waals surface area contributed by atoms with E-state index in [4.69, 9.17) is 9.94 Å². The summed E-state index contributed by atoms with van der Waals surface area (Å²) in [5, 5.41) is 30.4. The smallest absolute Gasteiger partial charge is 0.432 e. The predicted octanol–water partition coefficient (Wildman–Crippen LogP) is 0.274. The number of aromatic nitrogens is 1. The number of carbonyl (C=O) groups excluding carboxylic acids is 1. The number of likely N-dealkylation sites (tertiary alicyclic amines) is 1. The van der Waals surface area contributed by atoms with Crippen LogP contribution in [0.4, 0.5) is 4.79 Å². The molecule has 0 spiro atoms. The molecule has 124 valence electrons. The number of aromatic hydroxyl groups is 2. The van der Waals surface area contributed by atoms with E-state index in [0.29, 0.717) is 4.73 Å². The lowest BCUT2D eigenvalue weighted by atomic mass is 10.1. The van der Waals surface area contributed by atoms with Crippen molar-refractivity contribution < 1.29 is 25.0 Å². The van der Waals surface area contributed by atoms with E-state index >= 15 is 0 Å². The minimum atomic E-state index is -0.712. The summed E-state index contributed by atoms with van der Waals surface area (Å²) in [6, 6.07) is 2.45. The zero-order valence-electron chi connectivity index (χ0n) is 12.4. The summed E-state index contributed by atoms with van der Waals surface area (Å²) < 4.78 is 0.666. The van der Waals surface area contributed by atoms with Gasteiger partial charge in [-0.15, -0.1) is 4.73 Å². The fraction of sp³-hybridized carbons (Fsp3) is 0.643. The van der Waals surface area contributed by atoms with Crippen LogP contribution in [-0.2, 0) is 0 Å². The Morgan fingerprint density at radius 1 is 1.27 bits per heavy atom. The molecule has 1 amide bonds. The van der Waals surface area contributed by atoms with E-state index in [-0.39, 0.29) is 24.4 Å². The number of carbonyl (C=O) groups is 1. The number of amides is 1. The molecule has 0 unspecified atom stereocenters. The maximum atomic E-state index is 11.8. The second-order valence-electron chi connectivity index (χ2n) is 5.41. The van der Waals surface area contributed by atoms with E-state index in [9.17, 15) is 15.0 Å². The van der Waals surface area contributed by atoms with Crippen LogP contribution < -0.4 is 10.2 Å². The first-order valence-corrected chi connectivity index (χ1v) is 7.52. The van der Waals surface area contributed by atoms with Crippen molar-refractivity contribution in [1.29, 1.82) is 0 Å². The van der Waals surface area contributed by atoms with Crippen molar-refractivity contribution in [2.45, 2.75) is 31.7 Å². The van der Waals surface area contributed by atoms with Gasteiger partial charge in [0.25, 0.3) is 0 Å². The molecule has 0 saturated carbocycles. The number of nitrogens with zero attached hydrogens (tertiary/aromatic N) is 2. The van der Waals surface area contributed by atoms with Gasteiger partial charge in [-0.3, -0.25) is 0 Å². The number of hydrogen-bond donors (Lipinski definition) is 4. The molecule has 1 aromatic rings. The number of rotatable bonds is 5. The minimum absolute atomic E-state index is 0.00789. The van der Waals surface area contributed by atoms with Gasteiger partial charge in [0.1, 0.15) is 0 Å². The monoisotopic (exact) mass is 313 g/mol. The Labute approximate surface area is 128 Å². The Balaban J connectivity index is 1.79. The Morgan fingerprint density at radius 2 is 2.00 bits per heavy atom. The third kappa shape index (κ3) is 4.54. The molecule has 1 atom stereocenters. The maximum absolute atomic E-state index is 11.8. The van der Waals surface area contributed by atoms with Crippen molar-refractivity contribution in [2.24, 2.45) is 0 Å². The van der Waals surface area contributed by atoms with Gasteiger partial charge in [0, 0.05) is 37.9 Å². The molecule has 22 heavy (non-hydrogen) atoms. The molecule has 0 aliphatic carbocycles. The topological polar surface area (TPSA) is 107 Å². The summed E-state index contributed by atoms with van der Waals surface area (Å²) in [5.74, 6) is -0.688. The second-order valence-corrected chi connectivity index (χ2v) is 5.41. The molecule has 0 radical (unpaired) electrons. The number of hydrogen-bond acceptors (Lipinski definition) is 6. The van der Waals surface area contributed by atoms with Crippen LogP contribution in [0.3, 0.4) is 0 Å². The van der Waals surface area contributed by atoms with Crippen LogP contribution in [0, 0.1) is 0 Å². The Hall–Kier alpha value is -1.93. The largest absolute Gasteiger partial charge is 0.492 e. The number of aliphatic hydroxyl groups is 1. The van der Waals surface area contributed by atoms with Crippen molar-refractivity contribution in [1.82, 2.24) is 14.9 Å². The first kappa shape index (κ1) is 16.4. The zero-order chi connectivity index (χ0) is 15.9. The minimum Gasteiger partial charge on any atom is -0.492 e. The molecule has 0 aromatic carbocycles. The van der Waals surface area contributed by atoms with Crippen LogP contribution in [0.15, 0.2) is 12.1 Å². The van der Waals surface area contributed by atoms with E-state index in [0.717, 1.165) is 45.3 Å². The molecule has 1 aliphatic rings. The van der Waals surface area contributed by atoms with Crippen LogP contribution in [-0.4, -0.2) is 63.3 Å². The highest BCUT2D eigenvalue weighted by atomic mass is 16.7. The van der Waals surface area contributed by atoms with Crippen LogP contribution in [0.25, 0.3) is 0 Å². The van der Waals surface area contributed by atoms with Crippen molar-refractivity contribution in [3.63, 3.8) is 0 Å². The lowest BCUT2D eigenvalue weighted by molar-refractivity contribution is 0.105. The van der Waals surface area contributed by atoms with Crippen LogP contribution in [0.1, 0.15) is 25.7 Å². The number of nitrogens with one attached hydrogen (secondary N) is 1. The summed E-state index contributed by atoms with van der Waals surface area (Å²) in [6.45, 7) is 2.85. The van der Waals surface area contributed by atoms with Crippen molar-refractivity contribution in [3.8, 4) is 11.8 Å². The van der Waals surface area contributed by atoms with Gasteiger partial charge in [-0.1, -0.05) is 0 Å². The van der Waals surface area contributed by atoms with E-state index in [2.05, 4.69) is 10.2 Å². The molecule has 1 aliphatic heterocycles. The maximum Gasteiger partial charge on any atom is 0.432 e. The quantitative estimate of drug-likeness (QED) is 0.622. The Bertz CT molecular complexity index is 471. The molecular formula is C14H23N3O5. The highest BCUT2D eigenvalue weighted by molar-refractivity contribution is 5.68. The summed E-state index contributed by atoms with van der Waals surface area (Å²) in [4.78, 5) is 19.0. The van der Waals surface area contributed by atoms with E-state index in [1.54, 1.807) is 0 Å². The first-order valence-electron chi connectivity index (χ1n) is 7.52. The molecule has 8 heteroatoms. The molecular weight excluding hydrogens is 290 g/mol. The van der Waals surface area contributed by atoms with Gasteiger partial charge in [0.2, 0.25) is 11.8 Å². The lowest BCUT2D eigenvalue weighted by Crippen LogP contribution is -2.40.